The van der Waals surface area contributed by atoms with E-state index >= 15 is 0 Å². The first-order valence-electron chi connectivity index (χ1n) is 5.13. The largest absolute Gasteiger partial charge is 0.346 e. The van der Waals surface area contributed by atoms with Crippen LogP contribution in [0.5, 0.6) is 0 Å². The molecular formula is C10H16N4O2S. The Morgan fingerprint density at radius 1 is 1.47 bits per heavy atom. The van der Waals surface area contributed by atoms with Crippen molar-refractivity contribution < 1.29 is 9.59 Å². The second-order valence-electron chi connectivity index (χ2n) is 3.99. The summed E-state index contributed by atoms with van der Waals surface area (Å²) in [6.45, 7) is 3.51. The zero-order valence-corrected chi connectivity index (χ0v) is 10.6. The van der Waals surface area contributed by atoms with Crippen molar-refractivity contribution >= 4 is 23.2 Å². The molecule has 0 bridgehead atoms. The average Bonchev–Trinajstić information content (AvgIpc) is 2.79. The molecule has 0 aromatic carbocycles. The molecule has 0 radical (unpaired) electrons. The highest BCUT2D eigenvalue weighted by atomic mass is 32.1. The molecule has 0 saturated carbocycles. The normalized spacial score (nSPS) is 11.0. The minimum atomic E-state index is -0.543. The zero-order valence-electron chi connectivity index (χ0n) is 9.82. The van der Waals surface area contributed by atoms with Crippen molar-refractivity contribution in [1.29, 1.82) is 0 Å². The molecule has 0 aliphatic rings. The van der Waals surface area contributed by atoms with Crippen LogP contribution in [0.4, 0.5) is 0 Å². The molecule has 1 aromatic heterocycles. The van der Waals surface area contributed by atoms with Crippen molar-refractivity contribution in [3.63, 3.8) is 0 Å². The van der Waals surface area contributed by atoms with E-state index in [1.807, 2.05) is 19.2 Å². The van der Waals surface area contributed by atoms with Crippen molar-refractivity contribution in [2.45, 2.75) is 19.4 Å². The Kier molecular flexibility index (Phi) is 4.59. The van der Waals surface area contributed by atoms with E-state index in [1.165, 1.54) is 11.3 Å². The van der Waals surface area contributed by atoms with Gasteiger partial charge in [0.05, 0.1) is 18.6 Å². The number of nitrogens with zero attached hydrogens (tertiary/aromatic N) is 1. The fourth-order valence-electron chi connectivity index (χ4n) is 1.23. The Hall–Kier alpha value is -1.47. The molecule has 0 aliphatic heterocycles. The van der Waals surface area contributed by atoms with Gasteiger partial charge in [0, 0.05) is 11.6 Å². The van der Waals surface area contributed by atoms with E-state index in [2.05, 4.69) is 15.6 Å². The van der Waals surface area contributed by atoms with Crippen molar-refractivity contribution in [2.24, 2.45) is 5.73 Å². The lowest BCUT2D eigenvalue weighted by atomic mass is 10.1. The van der Waals surface area contributed by atoms with Crippen LogP contribution < -0.4 is 16.4 Å². The molecule has 0 spiro atoms. The third-order valence-electron chi connectivity index (χ3n) is 2.05. The summed E-state index contributed by atoms with van der Waals surface area (Å²) in [5.41, 5.74) is 4.57. The van der Waals surface area contributed by atoms with Gasteiger partial charge in [0.1, 0.15) is 5.01 Å². The van der Waals surface area contributed by atoms with Gasteiger partial charge in [-0.15, -0.1) is 11.3 Å². The fourth-order valence-corrected chi connectivity index (χ4v) is 1.95. The zero-order chi connectivity index (χ0) is 12.9. The number of carbonyl (C=O) groups excluding carboxylic acids is 2. The standard InChI is InChI=1S/C10H16N4O2S/c1-10(2,9-12-3-4-17-9)14-8(16)6-13-7(15)5-11/h3-4H,5-6,11H2,1-2H3,(H,13,15)(H,14,16). The monoisotopic (exact) mass is 256 g/mol. The number of hydrogen-bond donors (Lipinski definition) is 3. The molecule has 6 nitrogen and oxygen atoms in total. The van der Waals surface area contributed by atoms with Crippen LogP contribution >= 0.6 is 11.3 Å². The number of carbonyl (C=O) groups is 2. The van der Waals surface area contributed by atoms with E-state index in [1.54, 1.807) is 6.20 Å². The predicted octanol–water partition coefficient (Wildman–Crippen LogP) is -0.431. The fraction of sp³-hybridized carbons (Fsp3) is 0.500. The Balaban J connectivity index is 2.48. The SMILES string of the molecule is CC(C)(NC(=O)CNC(=O)CN)c1nccs1. The van der Waals surface area contributed by atoms with E-state index in [4.69, 9.17) is 5.73 Å². The van der Waals surface area contributed by atoms with E-state index in [0.717, 1.165) is 5.01 Å². The van der Waals surface area contributed by atoms with Crippen LogP contribution in [0, 0.1) is 0 Å². The second-order valence-corrected chi connectivity index (χ2v) is 4.89. The summed E-state index contributed by atoms with van der Waals surface area (Å²) < 4.78 is 0. The molecule has 7 heteroatoms. The molecule has 1 aromatic rings. The number of thiazole rings is 1. The molecule has 94 valence electrons. The van der Waals surface area contributed by atoms with Crippen molar-refractivity contribution in [1.82, 2.24) is 15.6 Å². The van der Waals surface area contributed by atoms with Crippen LogP contribution in [0.1, 0.15) is 18.9 Å². The third-order valence-corrected chi connectivity index (χ3v) is 3.15. The van der Waals surface area contributed by atoms with Gasteiger partial charge in [-0.2, -0.15) is 0 Å². The highest BCUT2D eigenvalue weighted by Gasteiger charge is 2.25. The van der Waals surface area contributed by atoms with E-state index < -0.39 is 5.54 Å². The summed E-state index contributed by atoms with van der Waals surface area (Å²) in [6.07, 6.45) is 1.68. The molecule has 0 aliphatic carbocycles. The summed E-state index contributed by atoms with van der Waals surface area (Å²) in [5, 5.41) is 7.86. The maximum Gasteiger partial charge on any atom is 0.240 e. The van der Waals surface area contributed by atoms with Gasteiger partial charge in [0.2, 0.25) is 11.8 Å². The minimum absolute atomic E-state index is 0.0785. The van der Waals surface area contributed by atoms with Crippen LogP contribution in [0.2, 0.25) is 0 Å². The Bertz CT molecular complexity index is 389. The second kappa shape index (κ2) is 5.74. The van der Waals surface area contributed by atoms with Crippen LogP contribution in [0.3, 0.4) is 0 Å². The van der Waals surface area contributed by atoms with Gasteiger partial charge in [-0.25, -0.2) is 4.98 Å². The van der Waals surface area contributed by atoms with Crippen LogP contribution in [-0.2, 0) is 15.1 Å². The van der Waals surface area contributed by atoms with Crippen LogP contribution in [0.15, 0.2) is 11.6 Å². The molecule has 2 amide bonds. The number of nitrogens with one attached hydrogen (secondary N) is 2. The molecule has 17 heavy (non-hydrogen) atoms. The molecule has 1 heterocycles. The number of rotatable bonds is 5. The van der Waals surface area contributed by atoms with E-state index in [9.17, 15) is 9.59 Å². The van der Waals surface area contributed by atoms with Gasteiger partial charge in [-0.3, -0.25) is 9.59 Å². The van der Waals surface area contributed by atoms with Gasteiger partial charge >= 0.3 is 0 Å². The first-order chi connectivity index (χ1) is 7.95. The number of amides is 2. The maximum absolute atomic E-state index is 11.6. The lowest BCUT2D eigenvalue weighted by Gasteiger charge is -2.23. The highest BCUT2D eigenvalue weighted by molar-refractivity contribution is 7.09. The third kappa shape index (κ3) is 4.12. The molecule has 0 saturated heterocycles. The Morgan fingerprint density at radius 3 is 2.71 bits per heavy atom. The van der Waals surface area contributed by atoms with Crippen molar-refractivity contribution in [2.75, 3.05) is 13.1 Å². The number of nitrogens with two attached hydrogens (primary N) is 1. The molecule has 0 atom stereocenters. The molecule has 1 rings (SSSR count). The summed E-state index contributed by atoms with van der Waals surface area (Å²) in [6, 6.07) is 0. The predicted molar refractivity (Wildman–Crippen MR) is 65.3 cm³/mol. The Labute approximate surface area is 104 Å². The lowest BCUT2D eigenvalue weighted by Crippen LogP contribution is -2.46. The molecule has 0 fully saturated rings. The first-order valence-corrected chi connectivity index (χ1v) is 6.01. The highest BCUT2D eigenvalue weighted by Crippen LogP contribution is 2.21. The van der Waals surface area contributed by atoms with E-state index in [-0.39, 0.29) is 24.9 Å². The maximum atomic E-state index is 11.6. The van der Waals surface area contributed by atoms with Gasteiger partial charge in [-0.1, -0.05) is 0 Å². The quantitative estimate of drug-likeness (QED) is 0.666. The molecule has 4 N–H and O–H groups in total. The summed E-state index contributed by atoms with van der Waals surface area (Å²) >= 11 is 1.47. The van der Waals surface area contributed by atoms with Gasteiger partial charge in [0.25, 0.3) is 0 Å². The van der Waals surface area contributed by atoms with Crippen LogP contribution in [0.25, 0.3) is 0 Å². The van der Waals surface area contributed by atoms with Gasteiger partial charge in [0.15, 0.2) is 0 Å². The van der Waals surface area contributed by atoms with Crippen molar-refractivity contribution in [3.8, 4) is 0 Å². The first kappa shape index (κ1) is 13.6. The average molecular weight is 256 g/mol. The topological polar surface area (TPSA) is 97.1 Å². The summed E-state index contributed by atoms with van der Waals surface area (Å²) in [4.78, 5) is 26.6. The Morgan fingerprint density at radius 2 is 2.18 bits per heavy atom. The number of hydrogen-bond acceptors (Lipinski definition) is 5. The van der Waals surface area contributed by atoms with E-state index in [0.29, 0.717) is 0 Å². The summed E-state index contributed by atoms with van der Waals surface area (Å²) in [7, 11) is 0. The van der Waals surface area contributed by atoms with Crippen molar-refractivity contribution in [3.05, 3.63) is 16.6 Å². The van der Waals surface area contributed by atoms with Gasteiger partial charge in [-0.05, 0) is 13.8 Å². The lowest BCUT2D eigenvalue weighted by molar-refractivity contribution is -0.126. The molecular weight excluding hydrogens is 240 g/mol. The van der Waals surface area contributed by atoms with Gasteiger partial charge < -0.3 is 16.4 Å². The summed E-state index contributed by atoms with van der Waals surface area (Å²) in [5.74, 6) is -0.626. The number of aromatic nitrogens is 1. The minimum Gasteiger partial charge on any atom is -0.346 e. The van der Waals surface area contributed by atoms with Crippen LogP contribution in [-0.4, -0.2) is 29.9 Å². The smallest absolute Gasteiger partial charge is 0.240 e. The molecule has 0 unspecified atom stereocenters.